The van der Waals surface area contributed by atoms with Crippen LogP contribution in [0.1, 0.15) is 6.42 Å². The van der Waals surface area contributed by atoms with E-state index in [1.54, 1.807) is 16.9 Å². The lowest BCUT2D eigenvalue weighted by molar-refractivity contribution is 0.169. The molecule has 3 aromatic heterocycles. The molecule has 5 heterocycles. The zero-order valence-corrected chi connectivity index (χ0v) is 26.6. The van der Waals surface area contributed by atoms with E-state index in [-0.39, 0.29) is 18.1 Å². The molecule has 2 saturated heterocycles. The van der Waals surface area contributed by atoms with Crippen molar-refractivity contribution in [2.24, 2.45) is 7.05 Å². The Morgan fingerprint density at radius 2 is 1.84 bits per heavy atom. The van der Waals surface area contributed by atoms with Crippen molar-refractivity contribution in [1.82, 2.24) is 30.0 Å². The van der Waals surface area contributed by atoms with Gasteiger partial charge in [0.2, 0.25) is 5.95 Å². The van der Waals surface area contributed by atoms with Crippen molar-refractivity contribution in [2.45, 2.75) is 30.8 Å². The van der Waals surface area contributed by atoms with E-state index in [2.05, 4.69) is 37.5 Å². The summed E-state index contributed by atoms with van der Waals surface area (Å²) in [6, 6.07) is 3.24. The second-order valence-electron chi connectivity index (χ2n) is 11.0. The third-order valence-corrected chi connectivity index (χ3v) is 8.72. The Balaban J connectivity index is 1.38. The molecule has 13 nitrogen and oxygen atoms in total. The van der Waals surface area contributed by atoms with Crippen LogP contribution in [0.25, 0.3) is 22.2 Å². The van der Waals surface area contributed by atoms with E-state index in [1.807, 2.05) is 25.5 Å². The molecule has 2 aliphatic heterocycles. The van der Waals surface area contributed by atoms with Gasteiger partial charge in [-0.05, 0) is 18.6 Å². The van der Waals surface area contributed by atoms with Gasteiger partial charge in [0.25, 0.3) is 0 Å². The van der Waals surface area contributed by atoms with E-state index in [1.165, 1.54) is 20.3 Å². The number of aliphatic hydroxyl groups is 1. The lowest BCUT2D eigenvalue weighted by Gasteiger charge is -2.23. The molecule has 0 spiro atoms. The maximum Gasteiger partial charge on any atom is 0.223 e. The number of halogens is 2. The summed E-state index contributed by atoms with van der Waals surface area (Å²) in [6.45, 7) is 6.16. The Hall–Kier alpha value is -3.88. The van der Waals surface area contributed by atoms with Gasteiger partial charge in [-0.15, -0.1) is 0 Å². The number of nitrogens with one attached hydrogen (secondary N) is 3. The lowest BCUT2D eigenvalue weighted by atomic mass is 10.1. The molecule has 0 radical (unpaired) electrons. The van der Waals surface area contributed by atoms with Crippen LogP contribution in [0.5, 0.6) is 11.5 Å². The Labute approximate surface area is 270 Å². The number of aliphatic hydroxyl groups excluding tert-OH is 1. The SMILES string of the molecule is C=CC(O)N[C@H]1CN(c2cnn(C)c2)C[C@H]1Nc1ncc2cc(-c3c(Cl)c(OC)cc(OC)c3Cl)nc(NC3CCOC3)c2n1. The van der Waals surface area contributed by atoms with Gasteiger partial charge in [0, 0.05) is 62.2 Å². The number of fused-ring (bicyclic) bond motifs is 1. The molecule has 238 valence electrons. The van der Waals surface area contributed by atoms with Crippen LogP contribution in [0.4, 0.5) is 17.5 Å². The largest absolute Gasteiger partial charge is 0.495 e. The second kappa shape index (κ2) is 13.2. The predicted molar refractivity (Wildman–Crippen MR) is 175 cm³/mol. The number of pyridine rings is 1. The van der Waals surface area contributed by atoms with Crippen LogP contribution in [-0.2, 0) is 11.8 Å². The molecule has 0 aliphatic carbocycles. The van der Waals surface area contributed by atoms with E-state index in [0.29, 0.717) is 76.4 Å². The fourth-order valence-electron chi connectivity index (χ4n) is 5.64. The first kappa shape index (κ1) is 31.1. The summed E-state index contributed by atoms with van der Waals surface area (Å²) in [5.74, 6) is 1.77. The summed E-state index contributed by atoms with van der Waals surface area (Å²) in [4.78, 5) is 16.7. The minimum absolute atomic E-state index is 0.0463. The van der Waals surface area contributed by atoms with Gasteiger partial charge in [-0.3, -0.25) is 10.00 Å². The van der Waals surface area contributed by atoms with E-state index < -0.39 is 6.23 Å². The Kier molecular flexibility index (Phi) is 9.15. The molecule has 0 saturated carbocycles. The predicted octanol–water partition coefficient (Wildman–Crippen LogP) is 3.71. The van der Waals surface area contributed by atoms with Gasteiger partial charge in [-0.2, -0.15) is 5.10 Å². The molecule has 45 heavy (non-hydrogen) atoms. The number of aryl methyl sites for hydroxylation is 1. The smallest absolute Gasteiger partial charge is 0.223 e. The fraction of sp³-hybridized carbons (Fsp3) is 0.400. The quantitative estimate of drug-likeness (QED) is 0.138. The average Bonchev–Trinajstić information content (AvgIpc) is 3.80. The fourth-order valence-corrected chi connectivity index (χ4v) is 6.34. The van der Waals surface area contributed by atoms with E-state index >= 15 is 0 Å². The number of methoxy groups -OCH3 is 2. The summed E-state index contributed by atoms with van der Waals surface area (Å²) in [6.07, 6.45) is 6.93. The highest BCUT2D eigenvalue weighted by molar-refractivity contribution is 6.41. The monoisotopic (exact) mass is 655 g/mol. The van der Waals surface area contributed by atoms with Crippen LogP contribution in [0.2, 0.25) is 10.0 Å². The summed E-state index contributed by atoms with van der Waals surface area (Å²) >= 11 is 13.5. The molecule has 2 unspecified atom stereocenters. The normalized spacial score (nSPS) is 20.4. The number of hydrogen-bond donors (Lipinski definition) is 4. The summed E-state index contributed by atoms with van der Waals surface area (Å²) in [5.41, 5.74) is 2.57. The van der Waals surface area contributed by atoms with Crippen molar-refractivity contribution in [2.75, 3.05) is 56.1 Å². The summed E-state index contributed by atoms with van der Waals surface area (Å²) in [5, 5.41) is 26.2. The highest BCUT2D eigenvalue weighted by atomic mass is 35.5. The molecule has 4 aromatic rings. The maximum atomic E-state index is 10.3. The van der Waals surface area contributed by atoms with Gasteiger partial charge in [0.15, 0.2) is 5.82 Å². The van der Waals surface area contributed by atoms with Crippen LogP contribution in [0.15, 0.2) is 43.4 Å². The first-order valence-corrected chi connectivity index (χ1v) is 15.2. The molecule has 2 aliphatic rings. The number of anilines is 3. The lowest BCUT2D eigenvalue weighted by Crippen LogP contribution is -2.47. The van der Waals surface area contributed by atoms with Gasteiger partial charge in [0.1, 0.15) is 23.2 Å². The molecular weight excluding hydrogens is 621 g/mol. The van der Waals surface area contributed by atoms with Gasteiger partial charge < -0.3 is 34.9 Å². The molecule has 0 amide bonds. The molecule has 4 atom stereocenters. The van der Waals surface area contributed by atoms with E-state index in [9.17, 15) is 5.11 Å². The number of benzene rings is 1. The van der Waals surface area contributed by atoms with Gasteiger partial charge >= 0.3 is 0 Å². The first-order chi connectivity index (χ1) is 21.8. The van der Waals surface area contributed by atoms with Crippen molar-refractivity contribution in [1.29, 1.82) is 0 Å². The number of rotatable bonds is 11. The molecule has 4 N–H and O–H groups in total. The first-order valence-electron chi connectivity index (χ1n) is 14.5. The Morgan fingerprint density at radius 1 is 1.09 bits per heavy atom. The van der Waals surface area contributed by atoms with Crippen LogP contribution in [0, 0.1) is 0 Å². The maximum absolute atomic E-state index is 10.3. The van der Waals surface area contributed by atoms with Crippen molar-refractivity contribution in [3.63, 3.8) is 0 Å². The molecule has 2 fully saturated rings. The van der Waals surface area contributed by atoms with Gasteiger partial charge in [0.05, 0.1) is 60.5 Å². The number of hydrogen-bond acceptors (Lipinski definition) is 12. The minimum Gasteiger partial charge on any atom is -0.495 e. The van der Waals surface area contributed by atoms with E-state index in [0.717, 1.165) is 17.5 Å². The van der Waals surface area contributed by atoms with Crippen LogP contribution < -0.4 is 30.3 Å². The number of aromatic nitrogens is 5. The van der Waals surface area contributed by atoms with E-state index in [4.69, 9.17) is 47.4 Å². The van der Waals surface area contributed by atoms with Crippen LogP contribution in [-0.4, -0.2) is 94.7 Å². The number of ether oxygens (including phenoxy) is 3. The third-order valence-electron chi connectivity index (χ3n) is 7.97. The molecule has 15 heteroatoms. The average molecular weight is 657 g/mol. The van der Waals surface area contributed by atoms with Crippen LogP contribution >= 0.6 is 23.2 Å². The third kappa shape index (κ3) is 6.44. The van der Waals surface area contributed by atoms with Crippen molar-refractivity contribution >= 4 is 51.6 Å². The van der Waals surface area contributed by atoms with Crippen molar-refractivity contribution < 1.29 is 19.3 Å². The van der Waals surface area contributed by atoms with Gasteiger partial charge in [-0.1, -0.05) is 29.8 Å². The molecular formula is C30H35Cl2N9O4. The zero-order chi connectivity index (χ0) is 31.7. The molecule has 6 rings (SSSR count). The molecule has 1 aromatic carbocycles. The Bertz CT molecular complexity index is 1670. The number of nitrogens with zero attached hydrogens (tertiary/aromatic N) is 6. The Morgan fingerprint density at radius 3 is 2.49 bits per heavy atom. The van der Waals surface area contributed by atoms with Crippen LogP contribution in [0.3, 0.4) is 0 Å². The van der Waals surface area contributed by atoms with Crippen molar-refractivity contribution in [3.8, 4) is 22.8 Å². The van der Waals surface area contributed by atoms with Crippen molar-refractivity contribution in [3.05, 3.63) is 53.4 Å². The van der Waals surface area contributed by atoms with Gasteiger partial charge in [-0.25, -0.2) is 15.0 Å². The zero-order valence-electron chi connectivity index (χ0n) is 25.1. The topological polar surface area (TPSA) is 144 Å². The highest BCUT2D eigenvalue weighted by Gasteiger charge is 2.35. The summed E-state index contributed by atoms with van der Waals surface area (Å²) in [7, 11) is 4.94. The molecule has 0 bridgehead atoms. The second-order valence-corrected chi connectivity index (χ2v) is 11.7. The minimum atomic E-state index is -0.869. The highest BCUT2D eigenvalue weighted by Crippen LogP contribution is 2.46. The standard InChI is InChI=1S/C30H35Cl2N9O4/c1-5-24(42)36-20-13-41(18-11-34-40(2)12-18)14-21(20)38-30-33-10-16-8-19(25-26(31)22(43-3)9-23(44-4)27(25)32)37-29(28(16)39-30)35-17-6-7-45-15-17/h5,8-12,17,20-21,24,36,42H,1,6-7,13-15H2,2-4H3,(H,35,37)(H,33,38,39)/t17?,20-,21+,24?/m0/s1. The summed E-state index contributed by atoms with van der Waals surface area (Å²) < 4.78 is 18.3.